The van der Waals surface area contributed by atoms with Crippen LogP contribution >= 0.6 is 34.5 Å². The van der Waals surface area contributed by atoms with Crippen LogP contribution in [-0.2, 0) is 11.2 Å². The Morgan fingerprint density at radius 1 is 1.12 bits per heavy atom. The lowest BCUT2D eigenvalue weighted by Crippen LogP contribution is -2.41. The molecule has 1 fully saturated rings. The number of amides is 2. The highest BCUT2D eigenvalue weighted by Crippen LogP contribution is 2.28. The lowest BCUT2D eigenvalue weighted by molar-refractivity contribution is -0.121. The van der Waals surface area contributed by atoms with Crippen LogP contribution in [0.15, 0.2) is 48.7 Å². The van der Waals surface area contributed by atoms with Crippen molar-refractivity contribution >= 4 is 51.5 Å². The first kappa shape index (κ1) is 22.7. The number of nitrogens with one attached hydrogen (secondary N) is 1. The van der Waals surface area contributed by atoms with Gasteiger partial charge in [0.1, 0.15) is 5.82 Å². The third kappa shape index (κ3) is 5.46. The number of hydrogen-bond donors (Lipinski definition) is 1. The van der Waals surface area contributed by atoms with E-state index in [0.29, 0.717) is 53.1 Å². The van der Waals surface area contributed by atoms with Crippen molar-refractivity contribution in [2.75, 3.05) is 18.4 Å². The van der Waals surface area contributed by atoms with Gasteiger partial charge < -0.3 is 10.2 Å². The number of thiazole rings is 1. The fourth-order valence-electron chi connectivity index (χ4n) is 3.64. The molecule has 32 heavy (non-hydrogen) atoms. The maximum atomic E-state index is 13.1. The van der Waals surface area contributed by atoms with Gasteiger partial charge in [-0.2, -0.15) is 0 Å². The molecule has 1 aliphatic rings. The third-order valence-corrected chi connectivity index (χ3v) is 6.92. The van der Waals surface area contributed by atoms with E-state index in [1.807, 2.05) is 6.07 Å². The SMILES string of the molecule is O=C(Nc1ncc(Cc2cc(Cl)ccc2Cl)s1)C1CCN(C(=O)c2ccc(F)cc2)CC1. The van der Waals surface area contributed by atoms with E-state index in [-0.39, 0.29) is 23.5 Å². The van der Waals surface area contributed by atoms with E-state index in [9.17, 15) is 14.0 Å². The van der Waals surface area contributed by atoms with Gasteiger partial charge in [0.2, 0.25) is 5.91 Å². The molecule has 0 aliphatic carbocycles. The van der Waals surface area contributed by atoms with Crippen LogP contribution in [0.4, 0.5) is 9.52 Å². The number of benzene rings is 2. The molecule has 1 saturated heterocycles. The number of aromatic nitrogens is 1. The van der Waals surface area contributed by atoms with Crippen molar-refractivity contribution in [1.82, 2.24) is 9.88 Å². The predicted octanol–water partition coefficient (Wildman–Crippen LogP) is 5.67. The summed E-state index contributed by atoms with van der Waals surface area (Å²) in [6.45, 7) is 0.954. The van der Waals surface area contributed by atoms with E-state index in [1.54, 1.807) is 23.2 Å². The Balaban J connectivity index is 1.30. The Kier molecular flexibility index (Phi) is 7.08. The van der Waals surface area contributed by atoms with Crippen LogP contribution in [0.2, 0.25) is 10.0 Å². The quantitative estimate of drug-likeness (QED) is 0.499. The molecule has 4 rings (SSSR count). The van der Waals surface area contributed by atoms with E-state index in [0.717, 1.165) is 10.4 Å². The first-order chi connectivity index (χ1) is 15.4. The zero-order valence-corrected chi connectivity index (χ0v) is 19.3. The minimum absolute atomic E-state index is 0.0967. The van der Waals surface area contributed by atoms with Crippen LogP contribution in [0.3, 0.4) is 0 Å². The van der Waals surface area contributed by atoms with Crippen LogP contribution < -0.4 is 5.32 Å². The van der Waals surface area contributed by atoms with Gasteiger partial charge in [0.25, 0.3) is 5.91 Å². The number of nitrogens with zero attached hydrogens (tertiary/aromatic N) is 2. The van der Waals surface area contributed by atoms with Gasteiger partial charge in [-0.15, -0.1) is 11.3 Å². The van der Waals surface area contributed by atoms with Gasteiger partial charge in [0.05, 0.1) is 0 Å². The molecule has 1 N–H and O–H groups in total. The van der Waals surface area contributed by atoms with Crippen molar-refractivity contribution in [3.05, 3.63) is 80.5 Å². The molecular formula is C23H20Cl2FN3O2S. The van der Waals surface area contributed by atoms with E-state index >= 15 is 0 Å². The average Bonchev–Trinajstić information content (AvgIpc) is 3.23. The number of hydrogen-bond acceptors (Lipinski definition) is 4. The number of rotatable bonds is 5. The van der Waals surface area contributed by atoms with E-state index in [1.165, 1.54) is 35.6 Å². The largest absolute Gasteiger partial charge is 0.339 e. The van der Waals surface area contributed by atoms with Gasteiger partial charge >= 0.3 is 0 Å². The number of likely N-dealkylation sites (tertiary alicyclic amines) is 1. The zero-order chi connectivity index (χ0) is 22.7. The molecule has 3 aromatic rings. The summed E-state index contributed by atoms with van der Waals surface area (Å²) in [5.41, 5.74) is 1.35. The first-order valence-corrected chi connectivity index (χ1v) is 11.7. The number of carbonyl (C=O) groups excluding carboxylic acids is 2. The fourth-order valence-corrected chi connectivity index (χ4v) is 4.86. The summed E-state index contributed by atoms with van der Waals surface area (Å²) in [6, 6.07) is 10.8. The summed E-state index contributed by atoms with van der Waals surface area (Å²) in [6.07, 6.45) is 3.43. The van der Waals surface area contributed by atoms with Crippen LogP contribution in [0.1, 0.15) is 33.6 Å². The maximum Gasteiger partial charge on any atom is 0.253 e. The summed E-state index contributed by atoms with van der Waals surface area (Å²) in [5.74, 6) is -0.811. The summed E-state index contributed by atoms with van der Waals surface area (Å²) >= 11 is 13.7. The van der Waals surface area contributed by atoms with Crippen LogP contribution in [0, 0.1) is 11.7 Å². The Bertz CT molecular complexity index is 1130. The van der Waals surface area contributed by atoms with Crippen molar-refractivity contribution in [2.45, 2.75) is 19.3 Å². The van der Waals surface area contributed by atoms with Gasteiger partial charge in [-0.3, -0.25) is 9.59 Å². The van der Waals surface area contributed by atoms with E-state index in [2.05, 4.69) is 10.3 Å². The van der Waals surface area contributed by atoms with Crippen LogP contribution in [-0.4, -0.2) is 34.8 Å². The van der Waals surface area contributed by atoms with Crippen molar-refractivity contribution in [3.8, 4) is 0 Å². The molecule has 2 amide bonds. The molecule has 166 valence electrons. The monoisotopic (exact) mass is 491 g/mol. The fraction of sp³-hybridized carbons (Fsp3) is 0.261. The van der Waals surface area contributed by atoms with Crippen molar-refractivity contribution in [3.63, 3.8) is 0 Å². The minimum atomic E-state index is -0.377. The first-order valence-electron chi connectivity index (χ1n) is 10.1. The molecule has 0 unspecified atom stereocenters. The number of halogens is 3. The van der Waals surface area contributed by atoms with Gasteiger partial charge in [-0.25, -0.2) is 9.37 Å². The highest BCUT2D eigenvalue weighted by atomic mass is 35.5. The van der Waals surface area contributed by atoms with E-state index in [4.69, 9.17) is 23.2 Å². The molecule has 1 aliphatic heterocycles. The lowest BCUT2D eigenvalue weighted by Gasteiger charge is -2.31. The van der Waals surface area contributed by atoms with Gasteiger partial charge in [0, 0.05) is 52.1 Å². The molecule has 0 atom stereocenters. The second-order valence-corrected chi connectivity index (χ2v) is 9.57. The molecule has 0 spiro atoms. The zero-order valence-electron chi connectivity index (χ0n) is 17.0. The standard InChI is InChI=1S/C23H20Cl2FN3O2S/c24-17-3-6-20(25)16(11-17)12-19-13-27-23(32-19)28-21(30)14-7-9-29(10-8-14)22(31)15-1-4-18(26)5-2-15/h1-6,11,13-14H,7-10,12H2,(H,27,28,30). The molecule has 1 aromatic heterocycles. The molecule has 9 heteroatoms. The highest BCUT2D eigenvalue weighted by Gasteiger charge is 2.28. The smallest absolute Gasteiger partial charge is 0.253 e. The van der Waals surface area contributed by atoms with Gasteiger partial charge in [-0.1, -0.05) is 23.2 Å². The summed E-state index contributed by atoms with van der Waals surface area (Å²) < 4.78 is 13.1. The van der Waals surface area contributed by atoms with E-state index < -0.39 is 0 Å². The molecule has 2 aromatic carbocycles. The second-order valence-electron chi connectivity index (χ2n) is 7.61. The van der Waals surface area contributed by atoms with Crippen molar-refractivity contribution in [2.24, 2.45) is 5.92 Å². The minimum Gasteiger partial charge on any atom is -0.339 e. The Morgan fingerprint density at radius 3 is 2.56 bits per heavy atom. The Morgan fingerprint density at radius 2 is 1.84 bits per heavy atom. The van der Waals surface area contributed by atoms with Gasteiger partial charge in [-0.05, 0) is 60.9 Å². The molecule has 0 radical (unpaired) electrons. The summed E-state index contributed by atoms with van der Waals surface area (Å²) in [7, 11) is 0. The van der Waals surface area contributed by atoms with Gasteiger partial charge in [0.15, 0.2) is 5.13 Å². The van der Waals surface area contributed by atoms with Crippen molar-refractivity contribution in [1.29, 1.82) is 0 Å². The highest BCUT2D eigenvalue weighted by molar-refractivity contribution is 7.15. The second kappa shape index (κ2) is 9.98. The molecule has 2 heterocycles. The maximum absolute atomic E-state index is 13.1. The normalized spacial score (nSPS) is 14.4. The van der Waals surface area contributed by atoms with Crippen LogP contribution in [0.5, 0.6) is 0 Å². The molecular weight excluding hydrogens is 472 g/mol. The Labute approximate surface area is 199 Å². The average molecular weight is 492 g/mol. The predicted molar refractivity (Wildman–Crippen MR) is 125 cm³/mol. The third-order valence-electron chi connectivity index (χ3n) is 5.40. The molecule has 5 nitrogen and oxygen atoms in total. The topological polar surface area (TPSA) is 62.3 Å². The summed E-state index contributed by atoms with van der Waals surface area (Å²) in [4.78, 5) is 32.2. The lowest BCUT2D eigenvalue weighted by atomic mass is 9.95. The molecule has 0 saturated carbocycles. The number of anilines is 1. The Hall–Kier alpha value is -2.48. The van der Waals surface area contributed by atoms with Crippen LogP contribution in [0.25, 0.3) is 0 Å². The summed E-state index contributed by atoms with van der Waals surface area (Å²) in [5, 5.41) is 4.68. The number of carbonyl (C=O) groups is 2. The number of piperidine rings is 1. The van der Waals surface area contributed by atoms with Crippen molar-refractivity contribution < 1.29 is 14.0 Å². The molecule has 0 bridgehead atoms.